The highest BCUT2D eigenvalue weighted by Gasteiger charge is 2.30. The van der Waals surface area contributed by atoms with Gasteiger partial charge in [-0.15, -0.1) is 0 Å². The molecule has 4 rings (SSSR count). The molecule has 2 N–H and O–H groups in total. The molecule has 1 saturated heterocycles. The first-order chi connectivity index (χ1) is 15.8. The van der Waals surface area contributed by atoms with Gasteiger partial charge in [0, 0.05) is 36.3 Å². The lowest BCUT2D eigenvalue weighted by Gasteiger charge is -2.38. The Balaban J connectivity index is 1.56. The van der Waals surface area contributed by atoms with Crippen molar-refractivity contribution in [1.29, 1.82) is 0 Å². The van der Waals surface area contributed by atoms with E-state index in [4.69, 9.17) is 16.3 Å². The largest absolute Gasteiger partial charge is 0.376 e. The Morgan fingerprint density at radius 3 is 2.91 bits per heavy atom. The number of H-pyrrole nitrogens is 1. The fourth-order valence-corrected chi connectivity index (χ4v) is 4.26. The van der Waals surface area contributed by atoms with Crippen molar-refractivity contribution in [2.45, 2.75) is 26.0 Å². The summed E-state index contributed by atoms with van der Waals surface area (Å²) in [4.78, 5) is 26.3. The summed E-state index contributed by atoms with van der Waals surface area (Å²) in [5, 5.41) is 13.7. The van der Waals surface area contributed by atoms with Gasteiger partial charge in [0.2, 0.25) is 0 Å². The van der Waals surface area contributed by atoms with Gasteiger partial charge in [0.05, 0.1) is 36.2 Å². The monoisotopic (exact) mass is 474 g/mol. The number of aromatic nitrogens is 4. The van der Waals surface area contributed by atoms with Crippen LogP contribution in [0.5, 0.6) is 0 Å². The van der Waals surface area contributed by atoms with Crippen LogP contribution in [0.25, 0.3) is 5.82 Å². The zero-order valence-electron chi connectivity index (χ0n) is 18.2. The second-order valence-corrected chi connectivity index (χ2v) is 8.28. The predicted octanol–water partition coefficient (Wildman–Crippen LogP) is 2.25. The van der Waals surface area contributed by atoms with Gasteiger partial charge in [0.25, 0.3) is 11.5 Å². The van der Waals surface area contributed by atoms with E-state index in [0.29, 0.717) is 47.4 Å². The summed E-state index contributed by atoms with van der Waals surface area (Å²) in [5.41, 5.74) is 0.902. The molecule has 0 aliphatic carbocycles. The van der Waals surface area contributed by atoms with E-state index in [0.717, 1.165) is 0 Å². The van der Waals surface area contributed by atoms with Crippen molar-refractivity contribution in [1.82, 2.24) is 30.2 Å². The van der Waals surface area contributed by atoms with Gasteiger partial charge in [-0.3, -0.25) is 14.5 Å². The molecule has 1 aliphatic rings. The van der Waals surface area contributed by atoms with Crippen LogP contribution in [0.2, 0.25) is 5.02 Å². The van der Waals surface area contributed by atoms with Gasteiger partial charge < -0.3 is 10.1 Å². The van der Waals surface area contributed by atoms with E-state index in [1.54, 1.807) is 19.1 Å². The average Bonchev–Trinajstić information content (AvgIpc) is 3.17. The number of hydrogen-bond donors (Lipinski definition) is 2. The molecule has 9 nitrogen and oxygen atoms in total. The molecule has 3 heterocycles. The Hall–Kier alpha value is -3.08. The Bertz CT molecular complexity index is 1170. The van der Waals surface area contributed by atoms with Crippen molar-refractivity contribution < 1.29 is 13.9 Å². The molecule has 11 heteroatoms. The minimum absolute atomic E-state index is 0.0206. The Kier molecular flexibility index (Phi) is 6.87. The number of nitrogens with zero attached hydrogens (tertiary/aromatic N) is 4. The van der Waals surface area contributed by atoms with Crippen molar-refractivity contribution in [3.8, 4) is 5.82 Å². The van der Waals surface area contributed by atoms with Crippen LogP contribution in [0.4, 0.5) is 4.39 Å². The molecule has 2 unspecified atom stereocenters. The van der Waals surface area contributed by atoms with Crippen LogP contribution in [-0.4, -0.2) is 63.1 Å². The molecule has 2 aromatic heterocycles. The van der Waals surface area contributed by atoms with Gasteiger partial charge in [-0.05, 0) is 32.0 Å². The van der Waals surface area contributed by atoms with Crippen molar-refractivity contribution in [2.24, 2.45) is 0 Å². The zero-order valence-corrected chi connectivity index (χ0v) is 19.0. The molecule has 3 aromatic rings. The number of morpholine rings is 1. The summed E-state index contributed by atoms with van der Waals surface area (Å²) in [7, 11) is 0. The van der Waals surface area contributed by atoms with E-state index < -0.39 is 11.9 Å². The highest BCUT2D eigenvalue weighted by Crippen LogP contribution is 2.31. The van der Waals surface area contributed by atoms with Crippen LogP contribution in [0, 0.1) is 12.7 Å². The summed E-state index contributed by atoms with van der Waals surface area (Å²) in [5.74, 6) is -0.402. The lowest BCUT2D eigenvalue weighted by atomic mass is 10.0. The van der Waals surface area contributed by atoms with E-state index in [9.17, 15) is 14.0 Å². The molecular formula is C22H24ClFN6O3. The molecule has 0 radical (unpaired) electrons. The van der Waals surface area contributed by atoms with Crippen LogP contribution in [0.15, 0.2) is 41.3 Å². The number of ether oxygens (including phenoxy) is 1. The molecule has 33 heavy (non-hydrogen) atoms. The molecule has 0 saturated carbocycles. The molecule has 174 valence electrons. The molecule has 1 aromatic carbocycles. The third-order valence-corrected chi connectivity index (χ3v) is 5.97. The van der Waals surface area contributed by atoms with Crippen LogP contribution in [0.1, 0.15) is 34.6 Å². The fraction of sp³-hybridized carbons (Fsp3) is 0.364. The number of amides is 1. The molecule has 1 amide bonds. The summed E-state index contributed by atoms with van der Waals surface area (Å²) in [6.45, 7) is 5.50. The van der Waals surface area contributed by atoms with Gasteiger partial charge >= 0.3 is 0 Å². The summed E-state index contributed by atoms with van der Waals surface area (Å²) < 4.78 is 21.9. The predicted molar refractivity (Wildman–Crippen MR) is 120 cm³/mol. The first kappa shape index (κ1) is 23.1. The fourth-order valence-electron chi connectivity index (χ4n) is 3.97. The maximum absolute atomic E-state index is 14.8. The Labute approximate surface area is 194 Å². The number of rotatable bonds is 6. The van der Waals surface area contributed by atoms with Crippen LogP contribution >= 0.6 is 11.6 Å². The second-order valence-electron chi connectivity index (χ2n) is 7.87. The first-order valence-corrected chi connectivity index (χ1v) is 10.9. The Morgan fingerprint density at radius 1 is 1.39 bits per heavy atom. The van der Waals surface area contributed by atoms with Gasteiger partial charge in [-0.1, -0.05) is 17.7 Å². The van der Waals surface area contributed by atoms with E-state index in [-0.39, 0.29) is 24.1 Å². The summed E-state index contributed by atoms with van der Waals surface area (Å²) in [6, 6.07) is 6.94. The standard InChI is InChI=1S/C22H24ClFN6O3/c1-13-12-29(8-9-33-13)18(21-16(23)4-3-5-17(21)24)11-25-22(32)15-10-26-30(14(15)2)19-6-7-20(31)28-27-19/h3-7,10,13,18H,8-9,11-12H2,1-2H3,(H,25,32)(H,28,31). The van der Waals surface area contributed by atoms with Crippen LogP contribution < -0.4 is 10.9 Å². The van der Waals surface area contributed by atoms with Gasteiger partial charge in [0.15, 0.2) is 5.82 Å². The number of carbonyl (C=O) groups excluding carboxylic acids is 1. The number of carbonyl (C=O) groups is 1. The third-order valence-electron chi connectivity index (χ3n) is 5.64. The molecule has 2 atom stereocenters. The molecule has 1 aliphatic heterocycles. The molecular weight excluding hydrogens is 451 g/mol. The minimum atomic E-state index is -0.467. The molecule has 1 fully saturated rings. The lowest BCUT2D eigenvalue weighted by Crippen LogP contribution is -2.47. The topological polar surface area (TPSA) is 105 Å². The number of aromatic amines is 1. The van der Waals surface area contributed by atoms with Crippen molar-refractivity contribution in [3.05, 3.63) is 74.5 Å². The summed E-state index contributed by atoms with van der Waals surface area (Å²) >= 11 is 6.36. The molecule has 0 spiro atoms. The van der Waals surface area contributed by atoms with E-state index in [1.807, 2.05) is 6.92 Å². The van der Waals surface area contributed by atoms with Gasteiger partial charge in [0.1, 0.15) is 5.82 Å². The van der Waals surface area contributed by atoms with Crippen molar-refractivity contribution >= 4 is 17.5 Å². The maximum Gasteiger partial charge on any atom is 0.264 e. The third kappa shape index (κ3) is 4.97. The highest BCUT2D eigenvalue weighted by atomic mass is 35.5. The SMILES string of the molecule is Cc1c(C(=O)NCC(c2c(F)cccc2Cl)N2CCOC(C)C2)cnn1-c1ccc(=O)[nH]n1. The molecule has 0 bridgehead atoms. The normalized spacial score (nSPS) is 17.6. The second kappa shape index (κ2) is 9.82. The smallest absolute Gasteiger partial charge is 0.264 e. The zero-order chi connectivity index (χ0) is 23.5. The van der Waals surface area contributed by atoms with E-state index in [2.05, 4.69) is 25.5 Å². The highest BCUT2D eigenvalue weighted by molar-refractivity contribution is 6.31. The quantitative estimate of drug-likeness (QED) is 0.567. The summed E-state index contributed by atoms with van der Waals surface area (Å²) in [6.07, 6.45) is 1.41. The maximum atomic E-state index is 14.8. The lowest BCUT2D eigenvalue weighted by molar-refractivity contribution is -0.0346. The number of halogens is 2. The van der Waals surface area contributed by atoms with Crippen LogP contribution in [0.3, 0.4) is 0 Å². The van der Waals surface area contributed by atoms with Gasteiger partial charge in [-0.25, -0.2) is 14.2 Å². The van der Waals surface area contributed by atoms with Gasteiger partial charge in [-0.2, -0.15) is 10.2 Å². The van der Waals surface area contributed by atoms with Crippen molar-refractivity contribution in [2.75, 3.05) is 26.2 Å². The van der Waals surface area contributed by atoms with E-state index in [1.165, 1.54) is 29.1 Å². The van der Waals surface area contributed by atoms with Crippen LogP contribution in [-0.2, 0) is 4.74 Å². The van der Waals surface area contributed by atoms with E-state index >= 15 is 0 Å². The minimum Gasteiger partial charge on any atom is -0.376 e. The Morgan fingerprint density at radius 2 is 2.21 bits per heavy atom. The first-order valence-electron chi connectivity index (χ1n) is 10.5. The average molecular weight is 475 g/mol. The number of benzene rings is 1. The van der Waals surface area contributed by atoms with Crippen molar-refractivity contribution in [3.63, 3.8) is 0 Å². The number of nitrogens with one attached hydrogen (secondary N) is 2. The number of hydrogen-bond acceptors (Lipinski definition) is 6.